The second kappa shape index (κ2) is 7.02. The smallest absolute Gasteiger partial charge is 0.407 e. The van der Waals surface area contributed by atoms with Crippen molar-refractivity contribution in [2.24, 2.45) is 0 Å². The summed E-state index contributed by atoms with van der Waals surface area (Å²) in [6.07, 6.45) is 0.797. The van der Waals surface area contributed by atoms with Gasteiger partial charge < -0.3 is 29.4 Å². The van der Waals surface area contributed by atoms with Crippen molar-refractivity contribution in [1.82, 2.24) is 20.4 Å². The van der Waals surface area contributed by atoms with Gasteiger partial charge >= 0.3 is 12.1 Å². The van der Waals surface area contributed by atoms with E-state index in [0.717, 1.165) is 0 Å². The minimum Gasteiger partial charge on any atom is -0.495 e. The second-order valence-electron chi connectivity index (χ2n) is 6.88. The van der Waals surface area contributed by atoms with Crippen LogP contribution in [0.4, 0.5) is 15.3 Å². The predicted molar refractivity (Wildman–Crippen MR) is 98.1 cm³/mol. The number of carbonyl (C=O) groups is 2. The van der Waals surface area contributed by atoms with Gasteiger partial charge in [-0.2, -0.15) is 0 Å². The summed E-state index contributed by atoms with van der Waals surface area (Å²) in [4.78, 5) is 25.8. The molecule has 0 saturated carbocycles. The van der Waals surface area contributed by atoms with Gasteiger partial charge in [-0.05, 0) is 18.2 Å². The molecule has 148 valence electrons. The van der Waals surface area contributed by atoms with E-state index in [1.165, 1.54) is 7.11 Å². The number of urea groups is 1. The van der Waals surface area contributed by atoms with Gasteiger partial charge in [0.05, 0.1) is 19.3 Å². The molecule has 2 aliphatic rings. The third-order valence-electron chi connectivity index (χ3n) is 5.04. The number of methoxy groups -OCH3 is 1. The summed E-state index contributed by atoms with van der Waals surface area (Å²) in [6.45, 7) is 3.18. The molecule has 4 rings (SSSR count). The molecule has 0 radical (unpaired) electrons. The van der Waals surface area contributed by atoms with Crippen molar-refractivity contribution in [3.8, 4) is 17.2 Å². The number of ether oxygens (including phenoxy) is 2. The van der Waals surface area contributed by atoms with Crippen LogP contribution >= 0.6 is 0 Å². The highest BCUT2D eigenvalue weighted by Crippen LogP contribution is 2.32. The molecule has 0 atom stereocenters. The van der Waals surface area contributed by atoms with Crippen LogP contribution in [-0.2, 0) is 4.74 Å². The number of anilines is 1. The fourth-order valence-corrected chi connectivity index (χ4v) is 3.44. The van der Waals surface area contributed by atoms with Crippen LogP contribution in [0.2, 0.25) is 0 Å². The summed E-state index contributed by atoms with van der Waals surface area (Å²) in [7, 11) is 1.54. The number of nitrogens with zero attached hydrogens (tertiary/aromatic N) is 3. The zero-order valence-electron chi connectivity index (χ0n) is 15.7. The van der Waals surface area contributed by atoms with Crippen molar-refractivity contribution >= 4 is 17.8 Å². The van der Waals surface area contributed by atoms with Crippen LogP contribution in [0.5, 0.6) is 5.75 Å². The molecule has 0 aliphatic carbocycles. The van der Waals surface area contributed by atoms with Crippen LogP contribution in [0.15, 0.2) is 22.6 Å². The van der Waals surface area contributed by atoms with Crippen molar-refractivity contribution in [1.29, 1.82) is 0 Å². The molecule has 1 aromatic heterocycles. The van der Waals surface area contributed by atoms with Gasteiger partial charge in [-0.3, -0.25) is 0 Å². The number of piperidine rings is 1. The molecule has 2 fully saturated rings. The second-order valence-corrected chi connectivity index (χ2v) is 6.88. The predicted octanol–water partition coefficient (Wildman–Crippen LogP) is 2.16. The van der Waals surface area contributed by atoms with Gasteiger partial charge in [-0.1, -0.05) is 0 Å². The molecule has 3 amide bonds. The topological polar surface area (TPSA) is 119 Å². The van der Waals surface area contributed by atoms with Crippen LogP contribution in [0.1, 0.15) is 18.7 Å². The molecule has 2 saturated heterocycles. The first-order valence-electron chi connectivity index (χ1n) is 8.99. The highest BCUT2D eigenvalue weighted by atomic mass is 16.6. The maximum Gasteiger partial charge on any atom is 0.407 e. The number of benzene rings is 1. The standard InChI is InChI=1S/C18H21N5O5/c1-11-21-22-15(27-11)12-3-4-14(26-2)13(9-12)20-16(24)23-7-5-18(6-8-23)10-19-17(25)28-18/h3-4,9H,5-8,10H2,1-2H3,(H,19,25)(H,20,24). The van der Waals surface area contributed by atoms with E-state index in [1.54, 1.807) is 30.0 Å². The average Bonchev–Trinajstić information content (AvgIpc) is 3.28. The number of carbonyl (C=O) groups excluding carboxylic acids is 2. The number of hydrogen-bond acceptors (Lipinski definition) is 7. The normalized spacial score (nSPS) is 17.9. The quantitative estimate of drug-likeness (QED) is 0.828. The fraction of sp³-hybridized carbons (Fsp3) is 0.444. The van der Waals surface area contributed by atoms with Crippen LogP contribution in [0.25, 0.3) is 11.5 Å². The van der Waals surface area contributed by atoms with E-state index in [0.29, 0.717) is 61.3 Å². The first-order valence-corrected chi connectivity index (χ1v) is 8.99. The van der Waals surface area contributed by atoms with Crippen molar-refractivity contribution in [2.75, 3.05) is 32.1 Å². The highest BCUT2D eigenvalue weighted by Gasteiger charge is 2.43. The Morgan fingerprint density at radius 1 is 1.32 bits per heavy atom. The van der Waals surface area contributed by atoms with Gasteiger partial charge in [-0.15, -0.1) is 10.2 Å². The van der Waals surface area contributed by atoms with Crippen LogP contribution in [0.3, 0.4) is 0 Å². The van der Waals surface area contributed by atoms with E-state index in [-0.39, 0.29) is 6.03 Å². The molecule has 1 spiro atoms. The number of aromatic nitrogens is 2. The molecule has 28 heavy (non-hydrogen) atoms. The molecule has 0 unspecified atom stereocenters. The Balaban J connectivity index is 1.46. The van der Waals surface area contributed by atoms with Crippen LogP contribution in [0, 0.1) is 6.92 Å². The lowest BCUT2D eigenvalue weighted by Crippen LogP contribution is -2.49. The van der Waals surface area contributed by atoms with Crippen molar-refractivity contribution < 1.29 is 23.5 Å². The summed E-state index contributed by atoms with van der Waals surface area (Å²) >= 11 is 0. The number of nitrogens with one attached hydrogen (secondary N) is 2. The Morgan fingerprint density at radius 2 is 2.11 bits per heavy atom. The summed E-state index contributed by atoms with van der Waals surface area (Å²) in [5.41, 5.74) is 0.690. The number of aryl methyl sites for hydroxylation is 1. The lowest BCUT2D eigenvalue weighted by molar-refractivity contribution is 0.0110. The first kappa shape index (κ1) is 18.1. The molecule has 10 nitrogen and oxygen atoms in total. The number of amides is 3. The third-order valence-corrected chi connectivity index (χ3v) is 5.04. The lowest BCUT2D eigenvalue weighted by atomic mass is 9.92. The minimum atomic E-state index is -0.499. The average molecular weight is 387 g/mol. The molecular formula is C18H21N5O5. The van der Waals surface area contributed by atoms with E-state index < -0.39 is 11.7 Å². The van der Waals surface area contributed by atoms with E-state index >= 15 is 0 Å². The van der Waals surface area contributed by atoms with E-state index in [2.05, 4.69) is 20.8 Å². The van der Waals surface area contributed by atoms with Crippen molar-refractivity contribution in [3.05, 3.63) is 24.1 Å². The molecule has 10 heteroatoms. The zero-order chi connectivity index (χ0) is 19.7. The van der Waals surface area contributed by atoms with Gasteiger partial charge in [0.25, 0.3) is 0 Å². The largest absolute Gasteiger partial charge is 0.495 e. The van der Waals surface area contributed by atoms with Gasteiger partial charge in [-0.25, -0.2) is 9.59 Å². The molecule has 2 aliphatic heterocycles. The summed E-state index contributed by atoms with van der Waals surface area (Å²) < 4.78 is 16.2. The maximum atomic E-state index is 12.7. The third kappa shape index (κ3) is 3.45. The first-order chi connectivity index (χ1) is 13.5. The molecule has 3 heterocycles. The van der Waals surface area contributed by atoms with E-state index in [9.17, 15) is 9.59 Å². The van der Waals surface area contributed by atoms with Gasteiger partial charge in [0.2, 0.25) is 11.8 Å². The highest BCUT2D eigenvalue weighted by molar-refractivity contribution is 5.92. The lowest BCUT2D eigenvalue weighted by Gasteiger charge is -2.37. The Kier molecular flexibility index (Phi) is 4.54. The molecule has 2 aromatic rings. The SMILES string of the molecule is COc1ccc(-c2nnc(C)o2)cc1NC(=O)N1CCC2(CC1)CNC(=O)O2. The van der Waals surface area contributed by atoms with Gasteiger partial charge in [0.1, 0.15) is 11.4 Å². The number of hydrogen-bond donors (Lipinski definition) is 2. The van der Waals surface area contributed by atoms with Crippen molar-refractivity contribution in [3.63, 3.8) is 0 Å². The number of alkyl carbamates (subject to hydrolysis) is 1. The number of likely N-dealkylation sites (tertiary alicyclic amines) is 1. The molecule has 1 aromatic carbocycles. The summed E-state index contributed by atoms with van der Waals surface area (Å²) in [5.74, 6) is 1.35. The Bertz CT molecular complexity index is 904. The monoisotopic (exact) mass is 387 g/mol. The fourth-order valence-electron chi connectivity index (χ4n) is 3.44. The van der Waals surface area contributed by atoms with E-state index in [1.807, 2.05) is 0 Å². The van der Waals surface area contributed by atoms with Gasteiger partial charge in [0, 0.05) is 38.4 Å². The zero-order valence-corrected chi connectivity index (χ0v) is 15.7. The van der Waals surface area contributed by atoms with Crippen LogP contribution < -0.4 is 15.4 Å². The minimum absolute atomic E-state index is 0.246. The molecule has 2 N–H and O–H groups in total. The van der Waals surface area contributed by atoms with Crippen LogP contribution in [-0.4, -0.2) is 59.6 Å². The maximum absolute atomic E-state index is 12.7. The molecular weight excluding hydrogens is 366 g/mol. The Hall–Kier alpha value is -3.30. The molecule has 0 bridgehead atoms. The number of rotatable bonds is 3. The Labute approximate surface area is 161 Å². The van der Waals surface area contributed by atoms with E-state index in [4.69, 9.17) is 13.9 Å². The van der Waals surface area contributed by atoms with Crippen molar-refractivity contribution in [2.45, 2.75) is 25.4 Å². The van der Waals surface area contributed by atoms with Gasteiger partial charge in [0.15, 0.2) is 0 Å². The summed E-state index contributed by atoms with van der Waals surface area (Å²) in [6, 6.07) is 5.01. The summed E-state index contributed by atoms with van der Waals surface area (Å²) in [5, 5.41) is 13.4. The Morgan fingerprint density at radius 3 is 2.71 bits per heavy atom.